The van der Waals surface area contributed by atoms with Crippen molar-refractivity contribution in [3.63, 3.8) is 0 Å². The van der Waals surface area contributed by atoms with Gasteiger partial charge in [0.1, 0.15) is 0 Å². The van der Waals surface area contributed by atoms with Gasteiger partial charge < -0.3 is 10.8 Å². The number of carbonyl (C=O) groups is 1. The summed E-state index contributed by atoms with van der Waals surface area (Å²) in [5.41, 5.74) is 0.853. The second-order valence-electron chi connectivity index (χ2n) is 2.85. The number of nitrogens with zero attached hydrogens (tertiary/aromatic N) is 1. The van der Waals surface area contributed by atoms with Crippen LogP contribution in [0.25, 0.3) is 0 Å². The van der Waals surface area contributed by atoms with Crippen LogP contribution in [-0.2, 0) is 10.3 Å². The van der Waals surface area contributed by atoms with E-state index in [1.165, 1.54) is 12.3 Å². The predicted molar refractivity (Wildman–Crippen MR) is 43.8 cm³/mol. The molecule has 1 aromatic rings. The number of halogens is 3. The Morgan fingerprint density at radius 3 is 2.40 bits per heavy atom. The molecule has 0 aliphatic heterocycles. The molecule has 0 aromatic carbocycles. The van der Waals surface area contributed by atoms with E-state index in [1.54, 1.807) is 0 Å². The van der Waals surface area contributed by atoms with E-state index in [0.717, 1.165) is 12.3 Å². The lowest BCUT2D eigenvalue weighted by Crippen LogP contribution is -2.56. The Labute approximate surface area is 82.5 Å². The molecule has 1 atom stereocenters. The summed E-state index contributed by atoms with van der Waals surface area (Å²) < 4.78 is 37.5. The summed E-state index contributed by atoms with van der Waals surface area (Å²) in [5.74, 6) is -2.16. The Kier molecular flexibility index (Phi) is 2.67. The molecule has 82 valence electrons. The summed E-state index contributed by atoms with van der Waals surface area (Å²) in [6, 6.07) is 2.15. The largest absolute Gasteiger partial charge is 0.479 e. The molecule has 0 amide bonds. The fourth-order valence-electron chi connectivity index (χ4n) is 1.00. The maximum atomic E-state index is 12.5. The predicted octanol–water partition coefficient (Wildman–Crippen LogP) is 0.882. The topological polar surface area (TPSA) is 76.2 Å². The standard InChI is InChI=1S/C8H7F3N2O2/c9-8(10,11)7(12,6(14)15)5-2-1-3-13-4-5/h1-4H,12H2,(H,14,15). The number of hydrogen-bond donors (Lipinski definition) is 2. The van der Waals surface area contributed by atoms with E-state index in [-0.39, 0.29) is 0 Å². The monoisotopic (exact) mass is 220 g/mol. The number of hydrogen-bond acceptors (Lipinski definition) is 3. The Bertz CT molecular complexity index is 366. The summed E-state index contributed by atoms with van der Waals surface area (Å²) in [7, 11) is 0. The van der Waals surface area contributed by atoms with Crippen LogP contribution in [0.5, 0.6) is 0 Å². The smallest absolute Gasteiger partial charge is 0.421 e. The van der Waals surface area contributed by atoms with Crippen LogP contribution in [0.3, 0.4) is 0 Å². The molecule has 0 saturated carbocycles. The van der Waals surface area contributed by atoms with Crippen LogP contribution in [-0.4, -0.2) is 22.2 Å². The number of alkyl halides is 3. The zero-order valence-electron chi connectivity index (χ0n) is 7.32. The van der Waals surface area contributed by atoms with Crippen molar-refractivity contribution in [3.8, 4) is 0 Å². The van der Waals surface area contributed by atoms with Crippen molar-refractivity contribution in [1.29, 1.82) is 0 Å². The number of carboxylic acid groups (broad SMARTS) is 1. The van der Waals surface area contributed by atoms with E-state index in [4.69, 9.17) is 10.8 Å². The van der Waals surface area contributed by atoms with Gasteiger partial charge in [0.2, 0.25) is 5.54 Å². The van der Waals surface area contributed by atoms with Crippen LogP contribution >= 0.6 is 0 Å². The van der Waals surface area contributed by atoms with Crippen molar-refractivity contribution < 1.29 is 23.1 Å². The number of rotatable bonds is 2. The third-order valence-electron chi connectivity index (χ3n) is 1.90. The van der Waals surface area contributed by atoms with Gasteiger partial charge in [-0.3, -0.25) is 4.98 Å². The lowest BCUT2D eigenvalue weighted by Gasteiger charge is -2.27. The Morgan fingerprint density at radius 1 is 1.47 bits per heavy atom. The summed E-state index contributed by atoms with van der Waals surface area (Å²) in [6.07, 6.45) is -3.08. The molecule has 15 heavy (non-hydrogen) atoms. The molecule has 0 spiro atoms. The summed E-state index contributed by atoms with van der Waals surface area (Å²) in [5, 5.41) is 8.55. The van der Waals surface area contributed by atoms with Gasteiger partial charge in [0.25, 0.3) is 0 Å². The first-order valence-corrected chi connectivity index (χ1v) is 3.79. The first kappa shape index (κ1) is 11.4. The Balaban J connectivity index is 3.32. The van der Waals surface area contributed by atoms with E-state index in [2.05, 4.69) is 4.98 Å². The normalized spacial score (nSPS) is 15.7. The summed E-state index contributed by atoms with van der Waals surface area (Å²) in [4.78, 5) is 14.0. The van der Waals surface area contributed by atoms with Crippen LogP contribution in [0, 0.1) is 0 Å². The molecule has 3 N–H and O–H groups in total. The van der Waals surface area contributed by atoms with E-state index in [0.29, 0.717) is 0 Å². The molecule has 4 nitrogen and oxygen atoms in total. The quantitative estimate of drug-likeness (QED) is 0.775. The second-order valence-corrected chi connectivity index (χ2v) is 2.85. The highest BCUT2D eigenvalue weighted by Crippen LogP contribution is 2.36. The Hall–Kier alpha value is -1.63. The molecule has 0 saturated heterocycles. The van der Waals surface area contributed by atoms with Crippen molar-refractivity contribution in [3.05, 3.63) is 30.1 Å². The summed E-state index contributed by atoms with van der Waals surface area (Å²) in [6.45, 7) is 0. The van der Waals surface area contributed by atoms with E-state index >= 15 is 0 Å². The van der Waals surface area contributed by atoms with E-state index in [1.807, 2.05) is 0 Å². The molecule has 0 bridgehead atoms. The number of pyridine rings is 1. The van der Waals surface area contributed by atoms with E-state index < -0.39 is 23.2 Å². The van der Waals surface area contributed by atoms with Crippen LogP contribution in [0.1, 0.15) is 5.56 Å². The minimum absolute atomic E-state index is 0.606. The number of carboxylic acids is 1. The lowest BCUT2D eigenvalue weighted by molar-refractivity contribution is -0.204. The minimum atomic E-state index is -5.08. The van der Waals surface area contributed by atoms with Gasteiger partial charge in [-0.25, -0.2) is 4.79 Å². The third kappa shape index (κ3) is 1.78. The van der Waals surface area contributed by atoms with Crippen molar-refractivity contribution in [2.24, 2.45) is 5.73 Å². The van der Waals surface area contributed by atoms with E-state index in [9.17, 15) is 18.0 Å². The molecule has 0 aliphatic carbocycles. The molecule has 0 aliphatic rings. The SMILES string of the molecule is NC(C(=O)O)(c1cccnc1)C(F)(F)F. The average molecular weight is 220 g/mol. The fourth-order valence-corrected chi connectivity index (χ4v) is 1.00. The van der Waals surface area contributed by atoms with Crippen LogP contribution in [0.2, 0.25) is 0 Å². The first-order chi connectivity index (χ1) is 6.80. The zero-order chi connectivity index (χ0) is 11.7. The molecule has 1 aromatic heterocycles. The molecule has 1 heterocycles. The molecular formula is C8H7F3N2O2. The maximum absolute atomic E-state index is 12.5. The second kappa shape index (κ2) is 3.50. The van der Waals surface area contributed by atoms with Crippen LogP contribution in [0.15, 0.2) is 24.5 Å². The van der Waals surface area contributed by atoms with Gasteiger partial charge in [-0.1, -0.05) is 6.07 Å². The average Bonchev–Trinajstić information content (AvgIpc) is 2.16. The highest BCUT2D eigenvalue weighted by Gasteiger charge is 2.59. The molecular weight excluding hydrogens is 213 g/mol. The fraction of sp³-hybridized carbons (Fsp3) is 0.250. The van der Waals surface area contributed by atoms with Gasteiger partial charge >= 0.3 is 12.1 Å². The molecule has 1 rings (SSSR count). The number of aliphatic carboxylic acids is 1. The van der Waals surface area contributed by atoms with Crippen molar-refractivity contribution in [1.82, 2.24) is 4.98 Å². The third-order valence-corrected chi connectivity index (χ3v) is 1.90. The molecule has 0 fully saturated rings. The number of nitrogens with two attached hydrogens (primary N) is 1. The van der Waals surface area contributed by atoms with Gasteiger partial charge in [0.05, 0.1) is 0 Å². The highest BCUT2D eigenvalue weighted by atomic mass is 19.4. The summed E-state index contributed by atoms with van der Waals surface area (Å²) >= 11 is 0. The molecule has 0 radical (unpaired) electrons. The van der Waals surface area contributed by atoms with Crippen molar-refractivity contribution >= 4 is 5.97 Å². The van der Waals surface area contributed by atoms with Gasteiger partial charge in [0.15, 0.2) is 0 Å². The van der Waals surface area contributed by atoms with Crippen LogP contribution in [0.4, 0.5) is 13.2 Å². The van der Waals surface area contributed by atoms with Gasteiger partial charge in [-0.15, -0.1) is 0 Å². The Morgan fingerprint density at radius 2 is 2.07 bits per heavy atom. The molecule has 7 heteroatoms. The van der Waals surface area contributed by atoms with Crippen molar-refractivity contribution in [2.75, 3.05) is 0 Å². The highest BCUT2D eigenvalue weighted by molar-refractivity contribution is 5.81. The minimum Gasteiger partial charge on any atom is -0.479 e. The van der Waals surface area contributed by atoms with Gasteiger partial charge in [-0.2, -0.15) is 13.2 Å². The van der Waals surface area contributed by atoms with Gasteiger partial charge in [0, 0.05) is 18.0 Å². The van der Waals surface area contributed by atoms with Crippen LogP contribution < -0.4 is 5.73 Å². The first-order valence-electron chi connectivity index (χ1n) is 3.79. The van der Waals surface area contributed by atoms with Gasteiger partial charge in [-0.05, 0) is 6.07 Å². The molecule has 1 unspecified atom stereocenters. The van der Waals surface area contributed by atoms with Crippen molar-refractivity contribution in [2.45, 2.75) is 11.7 Å². The maximum Gasteiger partial charge on any atom is 0.421 e. The zero-order valence-corrected chi connectivity index (χ0v) is 7.32. The number of aromatic nitrogens is 1. The lowest BCUT2D eigenvalue weighted by atomic mass is 9.92.